The fourth-order valence-electron chi connectivity index (χ4n) is 3.33. The number of benzene rings is 2. The summed E-state index contributed by atoms with van der Waals surface area (Å²) in [6.45, 7) is 1.96. The summed E-state index contributed by atoms with van der Waals surface area (Å²) in [5.41, 5.74) is 3.70. The van der Waals surface area contributed by atoms with Gasteiger partial charge in [-0.2, -0.15) is 0 Å². The van der Waals surface area contributed by atoms with Gasteiger partial charge in [0.1, 0.15) is 5.52 Å². The average molecular weight is 362 g/mol. The zero-order valence-corrected chi connectivity index (χ0v) is 14.7. The number of hydrogen-bond acceptors (Lipinski definition) is 4. The number of hydrogen-bond donors (Lipinski definition) is 3. The first-order chi connectivity index (χ1) is 13.1. The van der Waals surface area contributed by atoms with E-state index in [2.05, 4.69) is 9.97 Å². The number of aliphatic hydroxyl groups is 1. The molecule has 6 nitrogen and oxygen atoms in total. The standard InChI is InChI=1S/C21H18N2O4/c1-2-27-21(26)16-10-22-19-18(16)15-9-14(6-7-17(15)23-20(19)25)13-5-3-4-12(8-13)11-24/h3-10,22,24H,2,11H2,1H3,(H,23,25). The van der Waals surface area contributed by atoms with E-state index >= 15 is 0 Å². The van der Waals surface area contributed by atoms with Crippen LogP contribution in [0, 0.1) is 0 Å². The molecule has 0 aliphatic rings. The zero-order valence-electron chi connectivity index (χ0n) is 14.7. The highest BCUT2D eigenvalue weighted by molar-refractivity contribution is 6.15. The van der Waals surface area contributed by atoms with Crippen LogP contribution >= 0.6 is 0 Å². The molecule has 27 heavy (non-hydrogen) atoms. The fraction of sp³-hybridized carbons (Fsp3) is 0.143. The molecule has 136 valence electrons. The van der Waals surface area contributed by atoms with Gasteiger partial charge in [0.15, 0.2) is 0 Å². The van der Waals surface area contributed by atoms with Gasteiger partial charge >= 0.3 is 5.97 Å². The first-order valence-electron chi connectivity index (χ1n) is 8.66. The van der Waals surface area contributed by atoms with E-state index in [1.54, 1.807) is 6.92 Å². The highest BCUT2D eigenvalue weighted by Crippen LogP contribution is 2.30. The number of nitrogens with one attached hydrogen (secondary N) is 2. The van der Waals surface area contributed by atoms with Crippen molar-refractivity contribution in [2.24, 2.45) is 0 Å². The summed E-state index contributed by atoms with van der Waals surface area (Å²) in [4.78, 5) is 30.4. The van der Waals surface area contributed by atoms with Gasteiger partial charge in [0.2, 0.25) is 0 Å². The second-order valence-electron chi connectivity index (χ2n) is 6.25. The molecule has 2 aromatic heterocycles. The Bertz CT molecular complexity index is 1220. The Morgan fingerprint density at radius 3 is 2.74 bits per heavy atom. The molecule has 0 unspecified atom stereocenters. The highest BCUT2D eigenvalue weighted by atomic mass is 16.5. The van der Waals surface area contributed by atoms with Crippen molar-refractivity contribution < 1.29 is 14.6 Å². The SMILES string of the molecule is CCOC(=O)c1c[nH]c2c(=O)[nH]c3ccc(-c4cccc(CO)c4)cc3c12. The number of fused-ring (bicyclic) bond motifs is 3. The minimum absolute atomic E-state index is 0.0379. The Balaban J connectivity index is 2.00. The molecule has 0 radical (unpaired) electrons. The van der Waals surface area contributed by atoms with Gasteiger partial charge in [0.05, 0.1) is 18.8 Å². The van der Waals surface area contributed by atoms with Gasteiger partial charge in [-0.05, 0) is 41.8 Å². The Kier molecular flexibility index (Phi) is 4.25. The van der Waals surface area contributed by atoms with Gasteiger partial charge in [-0.3, -0.25) is 4.79 Å². The van der Waals surface area contributed by atoms with Crippen LogP contribution in [0.15, 0.2) is 53.5 Å². The van der Waals surface area contributed by atoms with Crippen molar-refractivity contribution in [1.29, 1.82) is 0 Å². The second kappa shape index (κ2) is 6.74. The topological polar surface area (TPSA) is 95.2 Å². The number of ether oxygens (including phenoxy) is 1. The summed E-state index contributed by atoms with van der Waals surface area (Å²) in [7, 11) is 0. The molecule has 3 N–H and O–H groups in total. The predicted molar refractivity (Wildman–Crippen MR) is 104 cm³/mol. The average Bonchev–Trinajstić information content (AvgIpc) is 3.14. The van der Waals surface area contributed by atoms with Crippen LogP contribution in [0.4, 0.5) is 0 Å². The number of carbonyl (C=O) groups excluding carboxylic acids is 1. The normalized spacial score (nSPS) is 11.2. The molecule has 0 bridgehead atoms. The van der Waals surface area contributed by atoms with Crippen molar-refractivity contribution in [1.82, 2.24) is 9.97 Å². The van der Waals surface area contributed by atoms with Crippen molar-refractivity contribution in [3.05, 3.63) is 70.1 Å². The lowest BCUT2D eigenvalue weighted by atomic mass is 9.99. The maximum Gasteiger partial charge on any atom is 0.340 e. The maximum absolute atomic E-state index is 12.4. The lowest BCUT2D eigenvalue weighted by Gasteiger charge is -2.08. The zero-order chi connectivity index (χ0) is 19.0. The molecule has 4 aromatic rings. The Morgan fingerprint density at radius 1 is 1.15 bits per heavy atom. The Morgan fingerprint density at radius 2 is 1.96 bits per heavy atom. The molecular formula is C21H18N2O4. The quantitative estimate of drug-likeness (QED) is 0.485. The minimum Gasteiger partial charge on any atom is -0.462 e. The van der Waals surface area contributed by atoms with Crippen molar-refractivity contribution in [2.75, 3.05) is 6.61 Å². The van der Waals surface area contributed by atoms with Crippen LogP contribution in [0.25, 0.3) is 32.9 Å². The summed E-state index contributed by atoms with van der Waals surface area (Å²) in [5, 5.41) is 10.7. The minimum atomic E-state index is -0.469. The molecule has 0 saturated heterocycles. The number of esters is 1. The number of aromatic amines is 2. The number of aromatic nitrogens is 2. The van der Waals surface area contributed by atoms with E-state index in [9.17, 15) is 14.7 Å². The molecule has 0 aliphatic carbocycles. The number of H-pyrrole nitrogens is 2. The van der Waals surface area contributed by atoms with Gasteiger partial charge in [0.25, 0.3) is 5.56 Å². The van der Waals surface area contributed by atoms with Crippen LogP contribution in [0.5, 0.6) is 0 Å². The van der Waals surface area contributed by atoms with Crippen molar-refractivity contribution in [2.45, 2.75) is 13.5 Å². The van der Waals surface area contributed by atoms with Crippen molar-refractivity contribution in [3.8, 4) is 11.1 Å². The van der Waals surface area contributed by atoms with E-state index in [1.165, 1.54) is 6.20 Å². The molecule has 0 spiro atoms. The van der Waals surface area contributed by atoms with Crippen LogP contribution in [0.1, 0.15) is 22.8 Å². The summed E-state index contributed by atoms with van der Waals surface area (Å²) in [6.07, 6.45) is 1.51. The fourth-order valence-corrected chi connectivity index (χ4v) is 3.33. The molecule has 0 atom stereocenters. The number of rotatable bonds is 4. The third-order valence-electron chi connectivity index (χ3n) is 4.58. The van der Waals surface area contributed by atoms with Crippen LogP contribution in [0.2, 0.25) is 0 Å². The monoisotopic (exact) mass is 362 g/mol. The second-order valence-corrected chi connectivity index (χ2v) is 6.25. The Labute approximate surface area is 154 Å². The van der Waals surface area contributed by atoms with Gasteiger partial charge in [-0.15, -0.1) is 0 Å². The Hall–Kier alpha value is -3.38. The molecule has 0 amide bonds. The lowest BCUT2D eigenvalue weighted by Crippen LogP contribution is -2.08. The molecule has 2 heterocycles. The van der Waals surface area contributed by atoms with E-state index in [4.69, 9.17) is 4.74 Å². The van der Waals surface area contributed by atoms with Crippen LogP contribution in [-0.2, 0) is 11.3 Å². The number of aliphatic hydroxyl groups excluding tert-OH is 1. The third kappa shape index (κ3) is 2.90. The van der Waals surface area contributed by atoms with Crippen LogP contribution < -0.4 is 5.56 Å². The molecule has 0 fully saturated rings. The van der Waals surface area contributed by atoms with E-state index in [1.807, 2.05) is 42.5 Å². The highest BCUT2D eigenvalue weighted by Gasteiger charge is 2.18. The molecule has 0 saturated carbocycles. The van der Waals surface area contributed by atoms with Gasteiger partial charge in [-0.25, -0.2) is 4.79 Å². The maximum atomic E-state index is 12.4. The van der Waals surface area contributed by atoms with Crippen LogP contribution in [0.3, 0.4) is 0 Å². The first kappa shape index (κ1) is 17.1. The summed E-state index contributed by atoms with van der Waals surface area (Å²) in [6, 6.07) is 13.2. The van der Waals surface area contributed by atoms with E-state index < -0.39 is 5.97 Å². The summed E-state index contributed by atoms with van der Waals surface area (Å²) in [5.74, 6) is -0.469. The van der Waals surface area contributed by atoms with Crippen LogP contribution in [-0.4, -0.2) is 27.7 Å². The molecule has 6 heteroatoms. The largest absolute Gasteiger partial charge is 0.462 e. The molecular weight excluding hydrogens is 344 g/mol. The summed E-state index contributed by atoms with van der Waals surface area (Å²) >= 11 is 0. The van der Waals surface area contributed by atoms with E-state index in [0.29, 0.717) is 22.0 Å². The smallest absolute Gasteiger partial charge is 0.340 e. The third-order valence-corrected chi connectivity index (χ3v) is 4.58. The van der Waals surface area contributed by atoms with Gasteiger partial charge in [0, 0.05) is 22.5 Å². The molecule has 0 aliphatic heterocycles. The predicted octanol–water partition coefficient (Wildman–Crippen LogP) is 3.35. The van der Waals surface area contributed by atoms with Crippen molar-refractivity contribution in [3.63, 3.8) is 0 Å². The van der Waals surface area contributed by atoms with E-state index in [0.717, 1.165) is 22.1 Å². The van der Waals surface area contributed by atoms with Gasteiger partial charge in [-0.1, -0.05) is 24.3 Å². The first-order valence-corrected chi connectivity index (χ1v) is 8.66. The van der Waals surface area contributed by atoms with Gasteiger partial charge < -0.3 is 19.8 Å². The number of pyridine rings is 1. The molecule has 4 rings (SSSR count). The summed E-state index contributed by atoms with van der Waals surface area (Å²) < 4.78 is 5.13. The number of carbonyl (C=O) groups is 1. The molecule has 2 aromatic carbocycles. The van der Waals surface area contributed by atoms with Crippen molar-refractivity contribution >= 4 is 27.8 Å². The van der Waals surface area contributed by atoms with E-state index in [-0.39, 0.29) is 18.8 Å². The lowest BCUT2D eigenvalue weighted by molar-refractivity contribution is 0.0529.